The predicted octanol–water partition coefficient (Wildman–Crippen LogP) is 3.88. The summed E-state index contributed by atoms with van der Waals surface area (Å²) in [6.45, 7) is 1.24. The summed E-state index contributed by atoms with van der Waals surface area (Å²) in [5.41, 5.74) is 1.93. The van der Waals surface area contributed by atoms with Gasteiger partial charge < -0.3 is 14.8 Å². The minimum atomic E-state index is -3.76. The van der Waals surface area contributed by atoms with E-state index in [2.05, 4.69) is 10.4 Å². The first-order valence-corrected chi connectivity index (χ1v) is 13.6. The summed E-state index contributed by atoms with van der Waals surface area (Å²) < 4.78 is 40.0. The molecule has 1 aliphatic heterocycles. The lowest BCUT2D eigenvalue weighted by Crippen LogP contribution is -2.40. The number of anilines is 1. The minimum absolute atomic E-state index is 0.0661. The number of benzene rings is 2. The summed E-state index contributed by atoms with van der Waals surface area (Å²) in [7, 11) is -2.29. The number of nitrogens with zero attached hydrogens (tertiary/aromatic N) is 3. The highest BCUT2D eigenvalue weighted by Crippen LogP contribution is 2.31. The predicted molar refractivity (Wildman–Crippen MR) is 137 cm³/mol. The molecule has 1 amide bonds. The lowest BCUT2D eigenvalue weighted by molar-refractivity contribution is 0.0730. The van der Waals surface area contributed by atoms with Gasteiger partial charge in [-0.2, -0.15) is 9.40 Å². The molecular weight excluding hydrogens is 500 g/mol. The largest absolute Gasteiger partial charge is 0.495 e. The zero-order valence-electron chi connectivity index (χ0n) is 19.5. The maximum absolute atomic E-state index is 13.5. The van der Waals surface area contributed by atoms with Gasteiger partial charge in [0.1, 0.15) is 17.1 Å². The molecule has 186 valence electrons. The molecule has 4 aromatic rings. The molecule has 1 aliphatic rings. The second kappa shape index (κ2) is 10.2. The molecule has 0 saturated carbocycles. The highest BCUT2D eigenvalue weighted by atomic mass is 32.2. The van der Waals surface area contributed by atoms with E-state index in [-0.39, 0.29) is 23.7 Å². The van der Waals surface area contributed by atoms with Gasteiger partial charge in [-0.05, 0) is 47.8 Å². The Balaban J connectivity index is 1.51. The molecule has 5 rings (SSSR count). The maximum atomic E-state index is 13.5. The fourth-order valence-corrected chi connectivity index (χ4v) is 6.04. The average molecular weight is 525 g/mol. The third-order valence-corrected chi connectivity index (χ3v) is 8.53. The van der Waals surface area contributed by atoms with E-state index >= 15 is 0 Å². The molecule has 2 aromatic carbocycles. The molecule has 36 heavy (non-hydrogen) atoms. The van der Waals surface area contributed by atoms with Gasteiger partial charge in [-0.15, -0.1) is 11.3 Å². The smallest absolute Gasteiger partial charge is 0.274 e. The van der Waals surface area contributed by atoms with E-state index in [1.807, 2.05) is 47.8 Å². The summed E-state index contributed by atoms with van der Waals surface area (Å²) >= 11 is 1.53. The molecule has 0 spiro atoms. The molecule has 3 heterocycles. The van der Waals surface area contributed by atoms with Crippen molar-refractivity contribution in [3.63, 3.8) is 0 Å². The van der Waals surface area contributed by atoms with Crippen LogP contribution in [0.1, 0.15) is 10.5 Å². The number of methoxy groups -OCH3 is 1. The maximum Gasteiger partial charge on any atom is 0.274 e. The number of thiophene rings is 1. The number of para-hydroxylation sites is 1. The number of morpholine rings is 1. The Hall–Kier alpha value is -3.51. The highest BCUT2D eigenvalue weighted by molar-refractivity contribution is 7.89. The van der Waals surface area contributed by atoms with Gasteiger partial charge in [0.05, 0.1) is 41.5 Å². The topological polar surface area (TPSA) is 103 Å². The van der Waals surface area contributed by atoms with Gasteiger partial charge in [0.25, 0.3) is 5.91 Å². The van der Waals surface area contributed by atoms with Crippen molar-refractivity contribution in [2.75, 3.05) is 38.7 Å². The highest BCUT2D eigenvalue weighted by Gasteiger charge is 2.28. The Morgan fingerprint density at radius 1 is 1.06 bits per heavy atom. The van der Waals surface area contributed by atoms with Crippen LogP contribution in [0.15, 0.2) is 77.0 Å². The first-order valence-electron chi connectivity index (χ1n) is 11.2. The molecule has 1 N–H and O–H groups in total. The second-order valence-corrected chi connectivity index (χ2v) is 10.9. The van der Waals surface area contributed by atoms with Crippen molar-refractivity contribution in [2.45, 2.75) is 4.90 Å². The van der Waals surface area contributed by atoms with Crippen LogP contribution in [-0.4, -0.2) is 61.8 Å². The summed E-state index contributed by atoms with van der Waals surface area (Å²) in [5, 5.41) is 9.45. The average Bonchev–Trinajstić information content (AvgIpc) is 3.60. The molecular formula is C25H24N4O5S2. The molecule has 0 atom stereocenters. The fourth-order valence-electron chi connectivity index (χ4n) is 3.92. The van der Waals surface area contributed by atoms with Crippen LogP contribution in [0, 0.1) is 0 Å². The van der Waals surface area contributed by atoms with Crippen molar-refractivity contribution in [1.82, 2.24) is 14.1 Å². The first kappa shape index (κ1) is 24.2. The molecule has 0 radical (unpaired) electrons. The first-order chi connectivity index (χ1) is 17.5. The number of hydrogen-bond acceptors (Lipinski definition) is 7. The van der Waals surface area contributed by atoms with Gasteiger partial charge in [0, 0.05) is 13.1 Å². The third kappa shape index (κ3) is 4.78. The van der Waals surface area contributed by atoms with Crippen molar-refractivity contribution in [2.24, 2.45) is 0 Å². The van der Waals surface area contributed by atoms with Crippen LogP contribution in [-0.2, 0) is 14.8 Å². The minimum Gasteiger partial charge on any atom is -0.495 e. The van der Waals surface area contributed by atoms with Gasteiger partial charge >= 0.3 is 0 Å². The van der Waals surface area contributed by atoms with E-state index < -0.39 is 15.9 Å². The number of aromatic nitrogens is 2. The summed E-state index contributed by atoms with van der Waals surface area (Å²) in [6, 6.07) is 19.4. The van der Waals surface area contributed by atoms with E-state index in [1.54, 1.807) is 10.7 Å². The zero-order valence-corrected chi connectivity index (χ0v) is 21.1. The van der Waals surface area contributed by atoms with Gasteiger partial charge in [-0.1, -0.05) is 24.3 Å². The van der Waals surface area contributed by atoms with Crippen LogP contribution in [0.4, 0.5) is 5.69 Å². The van der Waals surface area contributed by atoms with Gasteiger partial charge in [-0.25, -0.2) is 13.1 Å². The van der Waals surface area contributed by atoms with Crippen molar-refractivity contribution >= 4 is 33.0 Å². The molecule has 1 fully saturated rings. The number of amides is 1. The van der Waals surface area contributed by atoms with E-state index in [1.165, 1.54) is 41.0 Å². The van der Waals surface area contributed by atoms with Gasteiger partial charge in [0.15, 0.2) is 0 Å². The number of ether oxygens (including phenoxy) is 2. The molecule has 0 aliphatic carbocycles. The Labute approximate surface area is 212 Å². The van der Waals surface area contributed by atoms with Crippen molar-refractivity contribution in [3.8, 4) is 22.0 Å². The zero-order chi connectivity index (χ0) is 25.1. The van der Waals surface area contributed by atoms with Crippen LogP contribution in [0.25, 0.3) is 16.3 Å². The number of rotatable bonds is 7. The Kier molecular flexibility index (Phi) is 6.88. The van der Waals surface area contributed by atoms with E-state index in [0.29, 0.717) is 30.4 Å². The molecule has 2 aromatic heterocycles. The lowest BCUT2D eigenvalue weighted by atomic mass is 10.2. The lowest BCUT2D eigenvalue weighted by Gasteiger charge is -2.26. The summed E-state index contributed by atoms with van der Waals surface area (Å²) in [6.07, 6.45) is 0. The van der Waals surface area contributed by atoms with Crippen molar-refractivity contribution in [3.05, 3.63) is 77.8 Å². The van der Waals surface area contributed by atoms with E-state index in [9.17, 15) is 13.2 Å². The normalized spacial score (nSPS) is 14.5. The monoisotopic (exact) mass is 524 g/mol. The standard InChI is InChI=1S/C25H24N4O5S2/c1-33-23-10-9-19(36(31,32)28-11-13-34-14-12-28)16-20(23)26-25(30)22-17-21(24-8-5-15-35-24)27-29(22)18-6-3-2-4-7-18/h2-10,15-17H,11-14H2,1H3,(H,26,30). The Bertz CT molecular complexity index is 1460. The number of nitrogens with one attached hydrogen (secondary N) is 1. The molecule has 11 heteroatoms. The van der Waals surface area contributed by atoms with Gasteiger partial charge in [0.2, 0.25) is 10.0 Å². The summed E-state index contributed by atoms with van der Waals surface area (Å²) in [4.78, 5) is 14.5. The molecule has 9 nitrogen and oxygen atoms in total. The third-order valence-electron chi connectivity index (χ3n) is 5.74. The molecule has 0 bridgehead atoms. The number of hydrogen-bond donors (Lipinski definition) is 1. The molecule has 1 saturated heterocycles. The van der Waals surface area contributed by atoms with Crippen molar-refractivity contribution < 1.29 is 22.7 Å². The quantitative estimate of drug-likeness (QED) is 0.394. The Morgan fingerprint density at radius 2 is 1.83 bits per heavy atom. The van der Waals surface area contributed by atoms with Gasteiger partial charge in [-0.3, -0.25) is 4.79 Å². The van der Waals surface area contributed by atoms with Crippen LogP contribution in [0.2, 0.25) is 0 Å². The van der Waals surface area contributed by atoms with Crippen molar-refractivity contribution in [1.29, 1.82) is 0 Å². The van der Waals surface area contributed by atoms with E-state index in [4.69, 9.17) is 9.47 Å². The Morgan fingerprint density at radius 3 is 2.53 bits per heavy atom. The summed E-state index contributed by atoms with van der Waals surface area (Å²) in [5.74, 6) is -0.109. The van der Waals surface area contributed by atoms with Crippen LogP contribution < -0.4 is 10.1 Å². The van der Waals surface area contributed by atoms with Crippen LogP contribution in [0.3, 0.4) is 0 Å². The number of carbonyl (C=O) groups excluding carboxylic acids is 1. The number of carbonyl (C=O) groups is 1. The fraction of sp³-hybridized carbons (Fsp3) is 0.200. The van der Waals surface area contributed by atoms with E-state index in [0.717, 1.165) is 10.6 Å². The number of sulfonamides is 1. The van der Waals surface area contributed by atoms with Crippen LogP contribution in [0.5, 0.6) is 5.75 Å². The molecule has 0 unspecified atom stereocenters. The SMILES string of the molecule is COc1ccc(S(=O)(=O)N2CCOCC2)cc1NC(=O)c1cc(-c2cccs2)nn1-c1ccccc1. The van der Waals surface area contributed by atoms with Crippen LogP contribution >= 0.6 is 11.3 Å². The second-order valence-electron chi connectivity index (χ2n) is 7.97.